The molecule has 0 aliphatic carbocycles. The number of halogens is 5. The van der Waals surface area contributed by atoms with E-state index in [1.165, 1.54) is 29.5 Å². The van der Waals surface area contributed by atoms with Gasteiger partial charge in [-0.15, -0.1) is 13.2 Å². The zero-order valence-corrected chi connectivity index (χ0v) is 11.7. The Morgan fingerprint density at radius 3 is 2.58 bits per heavy atom. The highest BCUT2D eigenvalue weighted by Gasteiger charge is 2.34. The van der Waals surface area contributed by atoms with Gasteiger partial charge in [-0.3, -0.25) is 0 Å². The van der Waals surface area contributed by atoms with Gasteiger partial charge in [0.2, 0.25) is 5.88 Å². The number of ether oxygens (including phenoxy) is 2. The average Bonchev–Trinajstić information content (AvgIpc) is 2.30. The third-order valence-electron chi connectivity index (χ3n) is 1.90. The average molecular weight is 393 g/mol. The smallest absolute Gasteiger partial charge is 0.462 e. The minimum atomic E-state index is -4.95. The number of carbonyl (C=O) groups excluding carboxylic acids is 1. The number of nitrogens with zero attached hydrogens (tertiary/aromatic N) is 1. The topological polar surface area (TPSA) is 48.4 Å². The van der Waals surface area contributed by atoms with Crippen molar-refractivity contribution in [3.8, 4) is 5.88 Å². The molecule has 0 saturated carbocycles. The van der Waals surface area contributed by atoms with E-state index >= 15 is 0 Å². The molecule has 1 heterocycles. The largest absolute Gasteiger partial charge is 0.574 e. The van der Waals surface area contributed by atoms with Gasteiger partial charge in [-0.25, -0.2) is 14.2 Å². The third-order valence-corrected chi connectivity index (χ3v) is 2.90. The van der Waals surface area contributed by atoms with E-state index in [-0.39, 0.29) is 21.3 Å². The lowest BCUT2D eigenvalue weighted by Crippen LogP contribution is -2.20. The van der Waals surface area contributed by atoms with Crippen LogP contribution in [0, 0.1) is 3.57 Å². The van der Waals surface area contributed by atoms with Crippen molar-refractivity contribution in [1.29, 1.82) is 0 Å². The molecule has 0 saturated heterocycles. The van der Waals surface area contributed by atoms with Gasteiger partial charge in [0.1, 0.15) is 6.67 Å². The van der Waals surface area contributed by atoms with Crippen molar-refractivity contribution >= 4 is 28.6 Å². The number of rotatable bonds is 4. The summed E-state index contributed by atoms with van der Waals surface area (Å²) in [6.45, 7) is 0.482. The van der Waals surface area contributed by atoms with Crippen LogP contribution in [0.25, 0.3) is 0 Å². The van der Waals surface area contributed by atoms with E-state index in [9.17, 15) is 22.4 Å². The first-order valence-corrected chi connectivity index (χ1v) is 6.04. The first-order chi connectivity index (χ1) is 8.80. The maximum absolute atomic E-state index is 12.7. The molecule has 19 heavy (non-hydrogen) atoms. The Hall–Kier alpha value is -1.13. The molecule has 1 aromatic heterocycles. The highest BCUT2D eigenvalue weighted by molar-refractivity contribution is 14.1. The summed E-state index contributed by atoms with van der Waals surface area (Å²) in [6.07, 6.45) is -4.13. The van der Waals surface area contributed by atoms with Crippen LogP contribution >= 0.6 is 22.6 Å². The van der Waals surface area contributed by atoms with Crippen LogP contribution in [0.2, 0.25) is 0 Å². The lowest BCUT2D eigenvalue weighted by Gasteiger charge is -2.13. The standard InChI is InChI=1S/C10H8F4INO3/c1-2-18-9(17)6-5(3-11)4-16-8(7(6)15)19-10(12,13)14/h4H,2-3H2,1H3. The summed E-state index contributed by atoms with van der Waals surface area (Å²) in [6, 6.07) is 0. The summed E-state index contributed by atoms with van der Waals surface area (Å²) >= 11 is 1.43. The number of carbonyl (C=O) groups is 1. The molecule has 0 aliphatic rings. The molecule has 1 rings (SSSR count). The SMILES string of the molecule is CCOC(=O)c1c(CF)cnc(OC(F)(F)F)c1I. The number of hydrogen-bond acceptors (Lipinski definition) is 4. The van der Waals surface area contributed by atoms with E-state index < -0.39 is 24.9 Å². The summed E-state index contributed by atoms with van der Waals surface area (Å²) < 4.78 is 57.2. The first kappa shape index (κ1) is 15.9. The van der Waals surface area contributed by atoms with Gasteiger partial charge < -0.3 is 9.47 Å². The predicted molar refractivity (Wildman–Crippen MR) is 64.4 cm³/mol. The molecular formula is C10H8F4INO3. The molecule has 0 atom stereocenters. The van der Waals surface area contributed by atoms with E-state index in [0.717, 1.165) is 6.20 Å². The van der Waals surface area contributed by atoms with Crippen molar-refractivity contribution < 1.29 is 31.8 Å². The fourth-order valence-corrected chi connectivity index (χ4v) is 2.03. The second kappa shape index (κ2) is 6.35. The molecule has 0 amide bonds. The van der Waals surface area contributed by atoms with Crippen LogP contribution in [0.5, 0.6) is 5.88 Å². The highest BCUT2D eigenvalue weighted by Crippen LogP contribution is 2.30. The fraction of sp³-hybridized carbons (Fsp3) is 0.400. The Balaban J connectivity index is 3.25. The normalized spacial score (nSPS) is 11.3. The van der Waals surface area contributed by atoms with Gasteiger partial charge in [0.05, 0.1) is 15.7 Å². The molecule has 0 fully saturated rings. The van der Waals surface area contributed by atoms with Gasteiger partial charge in [0, 0.05) is 11.8 Å². The van der Waals surface area contributed by atoms with E-state index in [0.29, 0.717) is 0 Å². The first-order valence-electron chi connectivity index (χ1n) is 4.96. The number of esters is 1. The minimum Gasteiger partial charge on any atom is -0.462 e. The van der Waals surface area contributed by atoms with Crippen LogP contribution in [0.15, 0.2) is 6.20 Å². The summed E-state index contributed by atoms with van der Waals surface area (Å²) in [5.41, 5.74) is -0.462. The van der Waals surface area contributed by atoms with Crippen molar-refractivity contribution in [1.82, 2.24) is 4.98 Å². The number of aromatic nitrogens is 1. The van der Waals surface area contributed by atoms with E-state index in [4.69, 9.17) is 0 Å². The second-order valence-electron chi connectivity index (χ2n) is 3.18. The van der Waals surface area contributed by atoms with Crippen LogP contribution in [-0.4, -0.2) is 23.9 Å². The minimum absolute atomic E-state index is 0.0123. The summed E-state index contributed by atoms with van der Waals surface area (Å²) in [5, 5.41) is 0. The van der Waals surface area contributed by atoms with Crippen molar-refractivity contribution in [3.63, 3.8) is 0 Å². The van der Waals surface area contributed by atoms with E-state index in [1.807, 2.05) is 0 Å². The molecule has 0 unspecified atom stereocenters. The van der Waals surface area contributed by atoms with Gasteiger partial charge in [-0.2, -0.15) is 0 Å². The van der Waals surface area contributed by atoms with Crippen LogP contribution < -0.4 is 4.74 Å². The quantitative estimate of drug-likeness (QED) is 0.448. The number of pyridine rings is 1. The van der Waals surface area contributed by atoms with Gasteiger partial charge in [0.15, 0.2) is 0 Å². The van der Waals surface area contributed by atoms with Crippen molar-refractivity contribution in [2.45, 2.75) is 20.0 Å². The number of hydrogen-bond donors (Lipinski definition) is 0. The van der Waals surface area contributed by atoms with Crippen molar-refractivity contribution in [3.05, 3.63) is 20.9 Å². The predicted octanol–water partition coefficient (Wildman–Crippen LogP) is 3.23. The molecule has 0 bridgehead atoms. The molecule has 1 aromatic rings. The maximum Gasteiger partial charge on any atom is 0.574 e. The molecule has 0 spiro atoms. The van der Waals surface area contributed by atoms with Gasteiger partial charge in [-0.1, -0.05) is 0 Å². The lowest BCUT2D eigenvalue weighted by molar-refractivity contribution is -0.276. The van der Waals surface area contributed by atoms with Crippen molar-refractivity contribution in [2.75, 3.05) is 6.61 Å². The highest BCUT2D eigenvalue weighted by atomic mass is 127. The zero-order chi connectivity index (χ0) is 14.6. The Labute approximate surface area is 119 Å². The van der Waals surface area contributed by atoms with Crippen LogP contribution in [0.1, 0.15) is 22.8 Å². The van der Waals surface area contributed by atoms with Crippen LogP contribution in [0.3, 0.4) is 0 Å². The Morgan fingerprint density at radius 2 is 2.11 bits per heavy atom. The lowest BCUT2D eigenvalue weighted by atomic mass is 10.1. The van der Waals surface area contributed by atoms with Gasteiger partial charge in [-0.05, 0) is 29.5 Å². The molecule has 0 N–H and O–H groups in total. The summed E-state index contributed by atoms with van der Waals surface area (Å²) in [5.74, 6) is -1.73. The molecular weight excluding hydrogens is 385 g/mol. The molecule has 0 aliphatic heterocycles. The Morgan fingerprint density at radius 1 is 1.47 bits per heavy atom. The molecule has 9 heteroatoms. The van der Waals surface area contributed by atoms with Gasteiger partial charge >= 0.3 is 12.3 Å². The van der Waals surface area contributed by atoms with Crippen LogP contribution in [0.4, 0.5) is 17.6 Å². The summed E-state index contributed by atoms with van der Waals surface area (Å²) in [4.78, 5) is 14.9. The Kier molecular flexibility index (Phi) is 5.32. The summed E-state index contributed by atoms with van der Waals surface area (Å²) in [7, 11) is 0. The van der Waals surface area contributed by atoms with Crippen molar-refractivity contribution in [2.24, 2.45) is 0 Å². The molecule has 0 aromatic carbocycles. The monoisotopic (exact) mass is 393 g/mol. The fourth-order valence-electron chi connectivity index (χ4n) is 1.21. The van der Waals surface area contributed by atoms with E-state index in [2.05, 4.69) is 14.5 Å². The maximum atomic E-state index is 12.7. The second-order valence-corrected chi connectivity index (χ2v) is 4.26. The Bertz CT molecular complexity index is 479. The molecule has 4 nitrogen and oxygen atoms in total. The third kappa shape index (κ3) is 4.18. The van der Waals surface area contributed by atoms with Gasteiger partial charge in [0.25, 0.3) is 0 Å². The number of alkyl halides is 4. The van der Waals surface area contributed by atoms with E-state index in [1.54, 1.807) is 0 Å². The van der Waals surface area contributed by atoms with Crippen LogP contribution in [-0.2, 0) is 11.4 Å². The molecule has 106 valence electrons. The molecule has 0 radical (unpaired) electrons. The zero-order valence-electron chi connectivity index (χ0n) is 9.55.